The minimum atomic E-state index is -0.104. The van der Waals surface area contributed by atoms with Gasteiger partial charge in [-0.1, -0.05) is 0 Å². The molecule has 0 amide bonds. The van der Waals surface area contributed by atoms with Crippen molar-refractivity contribution in [1.29, 1.82) is 0 Å². The first-order valence-electron chi connectivity index (χ1n) is 5.71. The average Bonchev–Trinajstić information content (AvgIpc) is 2.52. The molecule has 1 atom stereocenters. The molecule has 0 aromatic rings. The highest BCUT2D eigenvalue weighted by Gasteiger charge is 2.26. The number of ether oxygens (including phenoxy) is 1. The summed E-state index contributed by atoms with van der Waals surface area (Å²) in [7, 11) is 1.95. The fraction of sp³-hybridized carbons (Fsp3) is 0.909. The first-order valence-corrected chi connectivity index (χ1v) is 5.71. The summed E-state index contributed by atoms with van der Waals surface area (Å²) in [6, 6.07) is 0.495. The second-order valence-electron chi connectivity index (χ2n) is 4.36. The molecule has 0 saturated carbocycles. The van der Waals surface area contributed by atoms with E-state index in [2.05, 4.69) is 10.2 Å². The molecule has 1 aliphatic heterocycles. The molecule has 0 aliphatic carbocycles. The minimum absolute atomic E-state index is 0.0112. The van der Waals surface area contributed by atoms with E-state index in [1.54, 1.807) is 0 Å². The summed E-state index contributed by atoms with van der Waals surface area (Å²) in [5.41, 5.74) is 0. The van der Waals surface area contributed by atoms with Gasteiger partial charge in [0.2, 0.25) is 0 Å². The predicted octanol–water partition coefficient (Wildman–Crippen LogP) is 0.622. The summed E-state index contributed by atoms with van der Waals surface area (Å²) in [5, 5.41) is 3.16. The molecule has 0 aromatic heterocycles. The zero-order valence-corrected chi connectivity index (χ0v) is 9.95. The Morgan fingerprint density at radius 1 is 1.60 bits per heavy atom. The molecule has 4 nitrogen and oxygen atoms in total. The summed E-state index contributed by atoms with van der Waals surface area (Å²) in [6.45, 7) is 6.17. The molecular formula is C11H22N2O2. The molecule has 0 radical (unpaired) electrons. The van der Waals surface area contributed by atoms with Crippen LogP contribution in [-0.4, -0.2) is 49.7 Å². The highest BCUT2D eigenvalue weighted by Crippen LogP contribution is 2.16. The van der Waals surface area contributed by atoms with E-state index in [1.807, 2.05) is 20.9 Å². The van der Waals surface area contributed by atoms with Crippen LogP contribution in [0.15, 0.2) is 0 Å². The van der Waals surface area contributed by atoms with Crippen molar-refractivity contribution in [3.8, 4) is 0 Å². The van der Waals surface area contributed by atoms with Gasteiger partial charge in [0.15, 0.2) is 0 Å². The van der Waals surface area contributed by atoms with Crippen molar-refractivity contribution in [2.24, 2.45) is 0 Å². The third-order valence-corrected chi connectivity index (χ3v) is 2.64. The van der Waals surface area contributed by atoms with Crippen LogP contribution in [-0.2, 0) is 9.53 Å². The van der Waals surface area contributed by atoms with Gasteiger partial charge < -0.3 is 10.1 Å². The molecule has 1 saturated heterocycles. The molecule has 1 unspecified atom stereocenters. The Balaban J connectivity index is 2.33. The van der Waals surface area contributed by atoms with Crippen LogP contribution in [0.2, 0.25) is 0 Å². The Labute approximate surface area is 92.0 Å². The molecule has 1 fully saturated rings. The number of rotatable bonds is 5. The van der Waals surface area contributed by atoms with Crippen molar-refractivity contribution in [2.45, 2.75) is 38.8 Å². The lowest BCUT2D eigenvalue weighted by atomic mass is 10.2. The quantitative estimate of drug-likeness (QED) is 0.681. The number of esters is 1. The average molecular weight is 214 g/mol. The smallest absolute Gasteiger partial charge is 0.320 e. The SMILES string of the molecule is CNCC1CCCN1CC(=O)OC(C)C. The number of nitrogens with one attached hydrogen (secondary N) is 1. The number of nitrogens with zero attached hydrogens (tertiary/aromatic N) is 1. The van der Waals surface area contributed by atoms with Gasteiger partial charge in [-0.25, -0.2) is 0 Å². The van der Waals surface area contributed by atoms with E-state index in [0.717, 1.165) is 13.1 Å². The molecule has 0 bridgehead atoms. The first-order chi connectivity index (χ1) is 7.13. The molecule has 4 heteroatoms. The van der Waals surface area contributed by atoms with Crippen LogP contribution < -0.4 is 5.32 Å². The van der Waals surface area contributed by atoms with E-state index < -0.39 is 0 Å². The van der Waals surface area contributed by atoms with Gasteiger partial charge in [0, 0.05) is 12.6 Å². The van der Waals surface area contributed by atoms with Gasteiger partial charge >= 0.3 is 5.97 Å². The molecule has 1 rings (SSSR count). The second-order valence-corrected chi connectivity index (χ2v) is 4.36. The predicted molar refractivity (Wildman–Crippen MR) is 59.7 cm³/mol. The number of carbonyl (C=O) groups is 1. The first kappa shape index (κ1) is 12.5. The number of hydrogen-bond acceptors (Lipinski definition) is 4. The largest absolute Gasteiger partial charge is 0.462 e. The summed E-state index contributed by atoms with van der Waals surface area (Å²) < 4.78 is 5.14. The fourth-order valence-corrected chi connectivity index (χ4v) is 2.04. The number of hydrogen-bond donors (Lipinski definition) is 1. The zero-order chi connectivity index (χ0) is 11.3. The number of carbonyl (C=O) groups excluding carboxylic acids is 1. The van der Waals surface area contributed by atoms with Crippen molar-refractivity contribution < 1.29 is 9.53 Å². The van der Waals surface area contributed by atoms with Crippen molar-refractivity contribution in [2.75, 3.05) is 26.7 Å². The van der Waals surface area contributed by atoms with Gasteiger partial charge in [-0.15, -0.1) is 0 Å². The third kappa shape index (κ3) is 4.18. The third-order valence-electron chi connectivity index (χ3n) is 2.64. The zero-order valence-electron chi connectivity index (χ0n) is 9.95. The van der Waals surface area contributed by atoms with E-state index >= 15 is 0 Å². The van der Waals surface area contributed by atoms with Crippen LogP contribution in [0.25, 0.3) is 0 Å². The lowest BCUT2D eigenvalue weighted by Crippen LogP contribution is -2.40. The van der Waals surface area contributed by atoms with Crippen LogP contribution in [0, 0.1) is 0 Å². The van der Waals surface area contributed by atoms with Crippen LogP contribution >= 0.6 is 0 Å². The Bertz CT molecular complexity index is 207. The van der Waals surface area contributed by atoms with Gasteiger partial charge in [-0.05, 0) is 40.3 Å². The summed E-state index contributed by atoms with van der Waals surface area (Å²) in [6.07, 6.45) is 2.35. The molecule has 15 heavy (non-hydrogen) atoms. The molecule has 1 N–H and O–H groups in total. The monoisotopic (exact) mass is 214 g/mol. The summed E-state index contributed by atoms with van der Waals surface area (Å²) in [4.78, 5) is 13.7. The van der Waals surface area contributed by atoms with Crippen molar-refractivity contribution in [3.05, 3.63) is 0 Å². The van der Waals surface area contributed by atoms with Crippen molar-refractivity contribution in [3.63, 3.8) is 0 Å². The Morgan fingerprint density at radius 3 is 2.93 bits per heavy atom. The van der Waals surface area contributed by atoms with E-state index in [9.17, 15) is 4.79 Å². The highest BCUT2D eigenvalue weighted by molar-refractivity contribution is 5.71. The van der Waals surface area contributed by atoms with Gasteiger partial charge in [-0.3, -0.25) is 9.69 Å². The van der Waals surface area contributed by atoms with Gasteiger partial charge in [0.25, 0.3) is 0 Å². The Morgan fingerprint density at radius 2 is 2.33 bits per heavy atom. The van der Waals surface area contributed by atoms with Gasteiger partial charge in [0.05, 0.1) is 12.6 Å². The van der Waals surface area contributed by atoms with Crippen LogP contribution in [0.4, 0.5) is 0 Å². The molecule has 0 aromatic carbocycles. The maximum absolute atomic E-state index is 11.5. The molecular weight excluding hydrogens is 192 g/mol. The second kappa shape index (κ2) is 6.08. The summed E-state index contributed by atoms with van der Waals surface area (Å²) >= 11 is 0. The van der Waals surface area contributed by atoms with Crippen LogP contribution in [0.5, 0.6) is 0 Å². The summed E-state index contributed by atoms with van der Waals surface area (Å²) in [5.74, 6) is -0.104. The van der Waals surface area contributed by atoms with Crippen molar-refractivity contribution in [1.82, 2.24) is 10.2 Å². The van der Waals surface area contributed by atoms with Crippen molar-refractivity contribution >= 4 is 5.97 Å². The lowest BCUT2D eigenvalue weighted by molar-refractivity contribution is -0.148. The molecule has 1 heterocycles. The molecule has 0 spiro atoms. The Hall–Kier alpha value is -0.610. The number of likely N-dealkylation sites (tertiary alicyclic amines) is 1. The standard InChI is InChI=1S/C11H22N2O2/c1-9(2)15-11(14)8-13-6-4-5-10(13)7-12-3/h9-10,12H,4-8H2,1-3H3. The Kier molecular flexibility index (Phi) is 5.05. The molecule has 88 valence electrons. The highest BCUT2D eigenvalue weighted by atomic mass is 16.5. The van der Waals surface area contributed by atoms with Crippen LogP contribution in [0.1, 0.15) is 26.7 Å². The van der Waals surface area contributed by atoms with E-state index in [-0.39, 0.29) is 12.1 Å². The van der Waals surface area contributed by atoms with Gasteiger partial charge in [-0.2, -0.15) is 0 Å². The molecule has 1 aliphatic rings. The normalized spacial score (nSPS) is 22.3. The van der Waals surface area contributed by atoms with Crippen LogP contribution in [0.3, 0.4) is 0 Å². The van der Waals surface area contributed by atoms with E-state index in [0.29, 0.717) is 12.6 Å². The lowest BCUT2D eigenvalue weighted by Gasteiger charge is -2.23. The fourth-order valence-electron chi connectivity index (χ4n) is 2.04. The maximum Gasteiger partial charge on any atom is 0.320 e. The minimum Gasteiger partial charge on any atom is -0.462 e. The maximum atomic E-state index is 11.5. The van der Waals surface area contributed by atoms with Gasteiger partial charge in [0.1, 0.15) is 0 Å². The van der Waals surface area contributed by atoms with E-state index in [1.165, 1.54) is 12.8 Å². The van der Waals surface area contributed by atoms with E-state index in [4.69, 9.17) is 4.74 Å². The number of likely N-dealkylation sites (N-methyl/N-ethyl adjacent to an activating group) is 1. The topological polar surface area (TPSA) is 41.6 Å².